The van der Waals surface area contributed by atoms with Gasteiger partial charge < -0.3 is 9.80 Å². The summed E-state index contributed by atoms with van der Waals surface area (Å²) in [5.74, 6) is -0.514. The molecule has 4 heterocycles. The van der Waals surface area contributed by atoms with Crippen LogP contribution in [0.25, 0.3) is 16.3 Å². The average Bonchev–Trinajstić information content (AvgIpc) is 3.26. The zero-order chi connectivity index (χ0) is 28.3. The first-order valence-corrected chi connectivity index (χ1v) is 14.4. The number of alkyl halides is 3. The van der Waals surface area contributed by atoms with Crippen molar-refractivity contribution in [2.24, 2.45) is 0 Å². The predicted octanol–water partition coefficient (Wildman–Crippen LogP) is 2.91. The van der Waals surface area contributed by atoms with Crippen molar-refractivity contribution in [1.82, 2.24) is 29.2 Å². The zero-order valence-corrected chi connectivity index (χ0v) is 22.9. The van der Waals surface area contributed by atoms with E-state index >= 15 is 0 Å². The van der Waals surface area contributed by atoms with E-state index in [4.69, 9.17) is 0 Å². The Hall–Kier alpha value is -3.29. The summed E-state index contributed by atoms with van der Waals surface area (Å²) >= 11 is 0.641. The normalized spacial score (nSPS) is 19.5. The minimum Gasteiger partial charge on any atom is -0.366 e. The van der Waals surface area contributed by atoms with Crippen LogP contribution in [0.15, 0.2) is 23.4 Å². The zero-order valence-electron chi connectivity index (χ0n) is 21.2. The maximum atomic E-state index is 14.4. The van der Waals surface area contributed by atoms with Crippen LogP contribution >= 0.6 is 11.3 Å². The summed E-state index contributed by atoms with van der Waals surface area (Å²) in [6, 6.07) is 3.05. The van der Waals surface area contributed by atoms with Gasteiger partial charge in [0.15, 0.2) is 21.5 Å². The van der Waals surface area contributed by atoms with Crippen molar-refractivity contribution in [2.75, 3.05) is 24.5 Å². The molecule has 3 aromatic rings. The van der Waals surface area contributed by atoms with Crippen LogP contribution in [0, 0.1) is 11.3 Å². The van der Waals surface area contributed by atoms with Crippen molar-refractivity contribution in [3.05, 3.63) is 23.5 Å². The van der Waals surface area contributed by atoms with E-state index in [0.29, 0.717) is 35.4 Å². The molecule has 2 fully saturated rings. The number of nitriles is 1. The van der Waals surface area contributed by atoms with Crippen LogP contribution < -0.4 is 9.62 Å². The van der Waals surface area contributed by atoms with Gasteiger partial charge in [-0.25, -0.2) is 26.6 Å². The Morgan fingerprint density at radius 2 is 2.03 bits per heavy atom. The predicted molar refractivity (Wildman–Crippen MR) is 136 cm³/mol. The summed E-state index contributed by atoms with van der Waals surface area (Å²) < 4.78 is 71.4. The molecule has 208 valence electrons. The summed E-state index contributed by atoms with van der Waals surface area (Å²) in [7, 11) is -4.18. The van der Waals surface area contributed by atoms with Gasteiger partial charge in [-0.2, -0.15) is 9.98 Å². The molecule has 1 saturated carbocycles. The number of amides is 1. The van der Waals surface area contributed by atoms with Crippen molar-refractivity contribution in [3.8, 4) is 16.9 Å². The molecule has 0 radical (unpaired) electrons. The third-order valence-corrected chi connectivity index (χ3v) is 9.18. The van der Waals surface area contributed by atoms with Gasteiger partial charge in [0.1, 0.15) is 10.4 Å². The van der Waals surface area contributed by atoms with E-state index in [-0.39, 0.29) is 35.4 Å². The Morgan fingerprint density at radius 3 is 2.59 bits per heavy atom. The van der Waals surface area contributed by atoms with Gasteiger partial charge in [0, 0.05) is 31.9 Å². The first kappa shape index (κ1) is 27.3. The second kappa shape index (κ2) is 9.42. The van der Waals surface area contributed by atoms with Crippen molar-refractivity contribution in [1.29, 1.82) is 5.26 Å². The molecular formula is C23H25F3N8O3S2. The van der Waals surface area contributed by atoms with Crippen LogP contribution in [0.1, 0.15) is 45.0 Å². The van der Waals surface area contributed by atoms with Gasteiger partial charge in [0.05, 0.1) is 23.5 Å². The maximum absolute atomic E-state index is 14.4. The Labute approximate surface area is 226 Å². The molecule has 1 amide bonds. The quantitative estimate of drug-likeness (QED) is 0.449. The fourth-order valence-electron chi connectivity index (χ4n) is 4.52. The second-order valence-electron chi connectivity index (χ2n) is 10.2. The molecule has 3 aromatic heterocycles. The molecule has 1 N–H and O–H groups in total. The molecule has 0 spiro atoms. The van der Waals surface area contributed by atoms with E-state index in [0.717, 1.165) is 0 Å². The number of sulfonamides is 1. The molecule has 1 aliphatic heterocycles. The highest BCUT2D eigenvalue weighted by molar-refractivity contribution is 7.89. The number of piperazine rings is 1. The number of nitrogens with zero attached hydrogens (tertiary/aromatic N) is 7. The lowest BCUT2D eigenvalue weighted by molar-refractivity contribution is -0.144. The highest BCUT2D eigenvalue weighted by atomic mass is 32.2. The molecule has 0 bridgehead atoms. The van der Waals surface area contributed by atoms with Gasteiger partial charge in [-0.1, -0.05) is 11.3 Å². The molecule has 1 aliphatic carbocycles. The van der Waals surface area contributed by atoms with Gasteiger partial charge in [-0.15, -0.1) is 10.2 Å². The van der Waals surface area contributed by atoms with Crippen LogP contribution in [0.3, 0.4) is 0 Å². The van der Waals surface area contributed by atoms with E-state index in [1.165, 1.54) is 41.6 Å². The van der Waals surface area contributed by atoms with Gasteiger partial charge in [0.2, 0.25) is 10.0 Å². The molecular weight excluding hydrogens is 557 g/mol. The van der Waals surface area contributed by atoms with Gasteiger partial charge >= 0.3 is 0 Å². The van der Waals surface area contributed by atoms with Crippen LogP contribution in [0.2, 0.25) is 0 Å². The monoisotopic (exact) mass is 582 g/mol. The highest BCUT2D eigenvalue weighted by Crippen LogP contribution is 2.38. The summed E-state index contributed by atoms with van der Waals surface area (Å²) in [6.45, 7) is 4.91. The molecule has 0 aromatic carbocycles. The highest BCUT2D eigenvalue weighted by Gasteiger charge is 2.47. The average molecular weight is 583 g/mol. The van der Waals surface area contributed by atoms with Crippen molar-refractivity contribution >= 4 is 38.5 Å². The number of nitrogens with one attached hydrogen (secondary N) is 1. The lowest BCUT2D eigenvalue weighted by atomic mass is 10.1. The van der Waals surface area contributed by atoms with E-state index in [9.17, 15) is 31.6 Å². The standard InChI is InChI=1S/C23H25F3N8O3S2/c1-13-10-32(6-7-33(13)21(35)22(2,3)26)15-8-14(39(36,37)31-23(12-27)4-5-23)11-34-16(15)9-28-18(34)20-30-29-19(38-20)17(24)25/h8-9,11,13,17,31H,4-7,10H2,1-3H3/t13-/m1/s1. The first-order valence-electron chi connectivity index (χ1n) is 12.1. The lowest BCUT2D eigenvalue weighted by Gasteiger charge is -2.42. The second-order valence-corrected chi connectivity index (χ2v) is 12.9. The summed E-state index contributed by atoms with van der Waals surface area (Å²) in [6.07, 6.45) is 0.716. The first-order chi connectivity index (χ1) is 18.2. The number of carbonyl (C=O) groups excluding carboxylic acids is 1. The van der Waals surface area contributed by atoms with Crippen molar-refractivity contribution in [3.63, 3.8) is 0 Å². The number of anilines is 1. The Bertz CT molecular complexity index is 1590. The summed E-state index contributed by atoms with van der Waals surface area (Å²) in [5, 5.41) is 16.3. The summed E-state index contributed by atoms with van der Waals surface area (Å²) in [5.41, 5.74) is -2.29. The number of halogens is 3. The van der Waals surface area contributed by atoms with E-state index in [1.807, 2.05) is 11.0 Å². The van der Waals surface area contributed by atoms with Crippen LogP contribution in [-0.4, -0.2) is 75.7 Å². The Balaban J connectivity index is 1.59. The number of imidazole rings is 1. The Morgan fingerprint density at radius 1 is 1.31 bits per heavy atom. The van der Waals surface area contributed by atoms with Crippen molar-refractivity contribution < 1.29 is 26.4 Å². The van der Waals surface area contributed by atoms with Crippen LogP contribution in [-0.2, 0) is 14.8 Å². The molecule has 1 saturated heterocycles. The van der Waals surface area contributed by atoms with E-state index in [1.54, 1.807) is 6.92 Å². The Kier molecular flexibility index (Phi) is 6.59. The molecule has 16 heteroatoms. The minimum absolute atomic E-state index is 0.0726. The molecule has 2 aliphatic rings. The lowest BCUT2D eigenvalue weighted by Crippen LogP contribution is -2.57. The topological polar surface area (TPSA) is 137 Å². The van der Waals surface area contributed by atoms with Gasteiger partial charge in [0.25, 0.3) is 12.3 Å². The molecule has 5 rings (SSSR count). The fourth-order valence-corrected chi connectivity index (χ4v) is 6.61. The molecule has 11 nitrogen and oxygen atoms in total. The largest absolute Gasteiger partial charge is 0.366 e. The maximum Gasteiger partial charge on any atom is 0.291 e. The molecule has 1 atom stereocenters. The number of fused-ring (bicyclic) bond motifs is 1. The fraction of sp³-hybridized carbons (Fsp3) is 0.522. The van der Waals surface area contributed by atoms with Crippen molar-refractivity contribution in [2.45, 2.75) is 62.2 Å². The SMILES string of the molecule is C[C@@H]1CN(c2cc(S(=O)(=O)NC3(C#N)CC3)cn3c(-c4nnc(C(F)F)s4)ncc23)CCN1C(=O)C(C)(C)F. The van der Waals surface area contributed by atoms with E-state index in [2.05, 4.69) is 19.9 Å². The van der Waals surface area contributed by atoms with Gasteiger partial charge in [-0.05, 0) is 39.7 Å². The van der Waals surface area contributed by atoms with Crippen LogP contribution in [0.4, 0.5) is 18.9 Å². The number of rotatable bonds is 7. The number of hydrogen-bond acceptors (Lipinski definition) is 9. The third-order valence-electron chi connectivity index (χ3n) is 6.75. The van der Waals surface area contributed by atoms with Gasteiger partial charge in [-0.3, -0.25) is 9.20 Å². The number of carbonyl (C=O) groups is 1. The molecule has 39 heavy (non-hydrogen) atoms. The number of pyridine rings is 1. The smallest absolute Gasteiger partial charge is 0.291 e. The van der Waals surface area contributed by atoms with E-state index < -0.39 is 44.6 Å². The number of hydrogen-bond donors (Lipinski definition) is 1. The number of aromatic nitrogens is 4. The van der Waals surface area contributed by atoms with Crippen LogP contribution in [0.5, 0.6) is 0 Å². The summed E-state index contributed by atoms with van der Waals surface area (Å²) in [4.78, 5) is 20.1. The molecule has 0 unspecified atom stereocenters. The third kappa shape index (κ3) is 5.06. The minimum atomic E-state index is -4.18.